The molecular formula is C82H137N5O60. The van der Waals surface area contributed by atoms with Gasteiger partial charge in [-0.15, -0.1) is 0 Å². The Morgan fingerprint density at radius 3 is 0.789 bits per heavy atom. The minimum atomic E-state index is -2.75. The molecular weight excluding hydrogens is 2010 g/mol. The highest BCUT2D eigenvalue weighted by atomic mass is 16.8. The maximum Gasteiger partial charge on any atom is 0.217 e. The standard InChI is InChI=1S/C82H137N5O60/c1-18-40(101)52(113)58(119)76(128-18)126-17-34-67(47(108)35(71(124)129-34)83-19(2)96)140-73-37(85-21(4)98)49(110)66(31(14-95)135-73)144-80-62(123)68(145-82-70(56(117)44(105)27(10-91)133-82)147-75-39(87-23(6)100)51(112)65(30(13-94)137-75)143-79-61(122)55(116)43(104)26(9-90)132-79)46(107)33(138-80)16-127-81-69(146-74-38(86-22(5)99)50(111)64(29(12-93)136-74)142-78-60(121)54(115)42(103)25(8-89)131-78)57(118)45(106)32(139-81)15-125-72-36(84-20(3)97)48(109)63(28(11-92)134-72)141-77-59(120)53(114)41(102)24(7-88)130-77/h18,24-82,88-95,101-124H,7-17H2,1-6H3,(H,83,96)(H,84,97)(H,85,98)(H,86,99)(H,87,100)/t18-,24+,25+,26+,27+,28+,29+,30+,31+,32+,33+,34+,35+,36+,37+,38+,39+,40+,41-,42-,43-,44+,45+,46+,47+,48+,49+,50+,51+,52+,53-,54-,55-,56-,57-,58-,59+,60+,61+,62-,63+,64+,65+,66+,67+,68-,69-,70-,71+,72+,73-,74-,75-,76+,77-,78-,79-,80-,81-,82+/m0/s1. The Balaban J connectivity index is 0.913. The molecule has 12 heterocycles. The second-order valence-electron chi connectivity index (χ2n) is 37.4. The Morgan fingerprint density at radius 1 is 0.190 bits per heavy atom. The van der Waals surface area contributed by atoms with Crippen molar-refractivity contribution in [3.8, 4) is 0 Å². The molecule has 0 unspecified atom stereocenters. The van der Waals surface area contributed by atoms with Gasteiger partial charge in [-0.05, 0) is 6.92 Å². The van der Waals surface area contributed by atoms with Gasteiger partial charge in [0, 0.05) is 34.6 Å². The fourth-order valence-corrected chi connectivity index (χ4v) is 19.1. The lowest BCUT2D eigenvalue weighted by Crippen LogP contribution is -2.71. The van der Waals surface area contributed by atoms with E-state index in [4.69, 9.17) is 109 Å². The second-order valence-corrected chi connectivity index (χ2v) is 37.4. The van der Waals surface area contributed by atoms with Crippen molar-refractivity contribution in [2.24, 2.45) is 0 Å². The van der Waals surface area contributed by atoms with Crippen LogP contribution in [-0.2, 0) is 133 Å². The van der Waals surface area contributed by atoms with E-state index in [0.29, 0.717) is 0 Å². The summed E-state index contributed by atoms with van der Waals surface area (Å²) in [5.74, 6) is -4.95. The molecule has 65 heteroatoms. The average molecular weight is 2150 g/mol. The summed E-state index contributed by atoms with van der Waals surface area (Å²) in [4.78, 5) is 65.6. The van der Waals surface area contributed by atoms with Crippen LogP contribution in [0.3, 0.4) is 0 Å². The summed E-state index contributed by atoms with van der Waals surface area (Å²) in [6.07, 6.45) is -118. The summed E-state index contributed by atoms with van der Waals surface area (Å²) in [6, 6.07) is -9.96. The molecule has 12 aliphatic heterocycles. The van der Waals surface area contributed by atoms with Gasteiger partial charge in [0.1, 0.15) is 287 Å². The van der Waals surface area contributed by atoms with Crippen LogP contribution < -0.4 is 26.6 Å². The van der Waals surface area contributed by atoms with Gasteiger partial charge in [0.2, 0.25) is 29.5 Å². The maximum atomic E-state index is 13.5. The van der Waals surface area contributed by atoms with Crippen LogP contribution in [0.2, 0.25) is 0 Å². The highest BCUT2D eigenvalue weighted by Crippen LogP contribution is 2.42. The lowest BCUT2D eigenvalue weighted by Gasteiger charge is -2.51. The Labute approximate surface area is 832 Å². The SMILES string of the molecule is CC(=O)N[C@@H]1[C@@H](O)[C@H](O[C@@H]2O[C@H](CO)[C@@H](O[C@@H]3O[C@H](CO[C@H]4O[C@H](CO[C@@H]5O[C@H](CO)[C@@H](O[C@@H]6O[C@H](CO)[C@H](O)[C@H](O)[C@H]6O)[C@H](O)[C@H]5NC(C)=O)[C@@H](O)[C@H](O)[C@@H]4O[C@@H]4O[C@H](CO)[C@@H](O[C@@H]5O[C@H](CO)[C@H](O)[C@H](O)[C@H]5O)[C@H](O)[C@H]4NC(C)=O)[C@@H](O)[C@H](O[C@H]4O[C@H](CO)[C@@H](O)[C@H](O)[C@@H]4O[C@@H]4O[C@H](CO)[C@@H](O[C@@H]5O[C@H](CO)[C@H](O)[C@H](O)[C@H]5O)[C@H](O)[C@H]4NC(C)=O)[C@@H]3O)[C@H](O)[C@H]2NC(C)=O)[C@@H](CO[C@@H]2O[C@@H](C)[C@@H](O)[C@@H](O)[C@@H]2O)O[C@H]1O. The number of rotatable bonds is 38. The quantitative estimate of drug-likeness (QED) is 0.0273. The fraction of sp³-hybridized carbons (Fsp3) is 0.939. The molecule has 0 aromatic heterocycles. The summed E-state index contributed by atoms with van der Waals surface area (Å²) < 4.78 is 138. The zero-order valence-corrected chi connectivity index (χ0v) is 79.2. The lowest BCUT2D eigenvalue weighted by atomic mass is 9.93. The number of nitrogens with one attached hydrogen (secondary N) is 5. The number of hydrogen-bond donors (Lipinski definition) is 37. The van der Waals surface area contributed by atoms with E-state index in [0.717, 1.165) is 34.6 Å². The summed E-state index contributed by atoms with van der Waals surface area (Å²) >= 11 is 0. The van der Waals surface area contributed by atoms with E-state index < -0.39 is 470 Å². The van der Waals surface area contributed by atoms with Crippen molar-refractivity contribution >= 4 is 29.5 Å². The van der Waals surface area contributed by atoms with E-state index in [1.807, 2.05) is 0 Å². The largest absolute Gasteiger partial charge is 0.394 e. The van der Waals surface area contributed by atoms with Crippen LogP contribution in [0.25, 0.3) is 0 Å². The van der Waals surface area contributed by atoms with Crippen molar-refractivity contribution in [3.63, 3.8) is 0 Å². The van der Waals surface area contributed by atoms with Crippen LogP contribution in [0.5, 0.6) is 0 Å². The molecule has 60 atom stereocenters. The minimum Gasteiger partial charge on any atom is -0.394 e. The molecule has 0 radical (unpaired) electrons. The molecule has 12 rings (SSSR count). The summed E-state index contributed by atoms with van der Waals surface area (Å²) in [5, 5.41) is 373. The highest BCUT2D eigenvalue weighted by molar-refractivity contribution is 5.75. The Bertz CT molecular complexity index is 4110. The van der Waals surface area contributed by atoms with E-state index in [9.17, 15) is 187 Å². The fourth-order valence-electron chi connectivity index (χ4n) is 19.1. The minimum absolute atomic E-state index is 0.883. The molecule has 5 amide bonds. The molecule has 0 spiro atoms. The van der Waals surface area contributed by atoms with Gasteiger partial charge in [-0.3, -0.25) is 24.0 Å². The van der Waals surface area contributed by atoms with Gasteiger partial charge >= 0.3 is 0 Å². The number of aliphatic hydroxyl groups excluding tert-OH is 32. The van der Waals surface area contributed by atoms with Crippen molar-refractivity contribution in [1.82, 2.24) is 26.6 Å². The number of carbonyl (C=O) groups excluding carboxylic acids is 5. The zero-order chi connectivity index (χ0) is 108. The number of hydrogen-bond acceptors (Lipinski definition) is 60. The molecule has 12 saturated heterocycles. The van der Waals surface area contributed by atoms with E-state index >= 15 is 0 Å². The molecule has 850 valence electrons. The zero-order valence-electron chi connectivity index (χ0n) is 79.2. The van der Waals surface area contributed by atoms with Crippen LogP contribution in [0, 0.1) is 0 Å². The van der Waals surface area contributed by atoms with Gasteiger partial charge in [-0.25, -0.2) is 0 Å². The topological polar surface area (TPSA) is 1010 Å². The molecule has 0 aromatic rings. The van der Waals surface area contributed by atoms with E-state index in [1.165, 1.54) is 6.92 Å². The normalized spacial score (nSPS) is 49.6. The summed E-state index contributed by atoms with van der Waals surface area (Å²) in [6.45, 7) is -6.88. The van der Waals surface area contributed by atoms with Gasteiger partial charge in [0.05, 0.1) is 78.8 Å². The Kier molecular flexibility index (Phi) is 43.4. The molecule has 147 heavy (non-hydrogen) atoms. The van der Waals surface area contributed by atoms with E-state index in [1.54, 1.807) is 0 Å². The van der Waals surface area contributed by atoms with Crippen LogP contribution in [0.4, 0.5) is 0 Å². The van der Waals surface area contributed by atoms with Gasteiger partial charge in [0.25, 0.3) is 0 Å². The predicted octanol–water partition coefficient (Wildman–Crippen LogP) is -25.4. The molecule has 12 fully saturated rings. The number of aliphatic hydroxyl groups is 32. The van der Waals surface area contributed by atoms with Crippen molar-refractivity contribution in [2.45, 2.75) is 410 Å². The van der Waals surface area contributed by atoms with Gasteiger partial charge < -0.3 is 299 Å². The average Bonchev–Trinajstić information content (AvgIpc) is 0.766. The number of ether oxygens (including phenoxy) is 23. The molecule has 0 saturated carbocycles. The van der Waals surface area contributed by atoms with Crippen LogP contribution in [-0.4, -0.2) is 634 Å². The van der Waals surface area contributed by atoms with Gasteiger partial charge in [0.15, 0.2) is 75.5 Å². The van der Waals surface area contributed by atoms with Crippen LogP contribution in [0.1, 0.15) is 41.5 Å². The predicted molar refractivity (Wildman–Crippen MR) is 452 cm³/mol. The van der Waals surface area contributed by atoms with Crippen LogP contribution >= 0.6 is 0 Å². The first-order valence-corrected chi connectivity index (χ1v) is 47.0. The lowest BCUT2D eigenvalue weighted by molar-refractivity contribution is -0.399. The molecule has 0 aliphatic carbocycles. The highest BCUT2D eigenvalue weighted by Gasteiger charge is 2.63. The van der Waals surface area contributed by atoms with Crippen molar-refractivity contribution in [3.05, 3.63) is 0 Å². The third kappa shape index (κ3) is 27.0. The smallest absolute Gasteiger partial charge is 0.217 e. The van der Waals surface area contributed by atoms with E-state index in [-0.39, 0.29) is 0 Å². The summed E-state index contributed by atoms with van der Waals surface area (Å²) in [7, 11) is 0. The molecule has 0 aromatic carbocycles. The number of amides is 5. The molecule has 0 bridgehead atoms. The van der Waals surface area contributed by atoms with E-state index in [2.05, 4.69) is 26.6 Å². The molecule has 37 N–H and O–H groups in total. The first-order valence-electron chi connectivity index (χ1n) is 47.0. The first kappa shape index (κ1) is 121. The first-order chi connectivity index (χ1) is 69.5. The molecule has 65 nitrogen and oxygen atoms in total. The third-order valence-electron chi connectivity index (χ3n) is 27.0. The molecule has 12 aliphatic rings. The van der Waals surface area contributed by atoms with Crippen molar-refractivity contribution < 1.29 is 296 Å². The maximum absolute atomic E-state index is 13.5. The van der Waals surface area contributed by atoms with Gasteiger partial charge in [-0.1, -0.05) is 0 Å². The van der Waals surface area contributed by atoms with Crippen molar-refractivity contribution in [2.75, 3.05) is 72.7 Å². The second kappa shape index (κ2) is 52.8. The summed E-state index contributed by atoms with van der Waals surface area (Å²) in [5.41, 5.74) is 0. The number of carbonyl (C=O) groups is 5. The Morgan fingerprint density at radius 2 is 0.422 bits per heavy atom. The van der Waals surface area contributed by atoms with Gasteiger partial charge in [-0.2, -0.15) is 0 Å². The Hall–Kier alpha value is -4.85. The van der Waals surface area contributed by atoms with Crippen LogP contribution in [0.15, 0.2) is 0 Å². The monoisotopic (exact) mass is 2150 g/mol. The van der Waals surface area contributed by atoms with Crippen molar-refractivity contribution in [1.29, 1.82) is 0 Å². The third-order valence-corrected chi connectivity index (χ3v) is 27.0.